The first-order valence-corrected chi connectivity index (χ1v) is 11.0. The summed E-state index contributed by atoms with van der Waals surface area (Å²) in [6.45, 7) is 0.642. The molecular weight excluding hydrogens is 436 g/mol. The number of hydrogen-bond acceptors (Lipinski definition) is 8. The fourth-order valence-electron chi connectivity index (χ4n) is 0.329. The molecule has 1 unspecified atom stereocenters. The Labute approximate surface area is 159 Å². The monoisotopic (exact) mass is 450 g/mol. The second-order valence-electron chi connectivity index (χ2n) is 4.07. The minimum absolute atomic E-state index is 0. The fraction of sp³-hybridized carbons (Fsp3) is 1.00. The molecule has 0 saturated carbocycles. The van der Waals surface area contributed by atoms with Gasteiger partial charge in [0.05, 0.1) is 0 Å². The molecule has 0 bridgehead atoms. The van der Waals surface area contributed by atoms with Crippen molar-refractivity contribution in [1.29, 1.82) is 0 Å². The van der Waals surface area contributed by atoms with Gasteiger partial charge in [0.1, 0.15) is 0 Å². The molecule has 23 heavy (non-hydrogen) atoms. The molecule has 0 aliphatic heterocycles. The maximum absolute atomic E-state index is 10.3. The molecule has 1 atom stereocenters. The molecule has 8 N–H and O–H groups in total. The SMILES string of the molecule is CC(O)(P(=O)(O)O)P(=O)(O)O.CC(O)(P(=O)([O-])[O-])P(=O)(O)O.[Ca+2]. The van der Waals surface area contributed by atoms with Crippen molar-refractivity contribution in [3.8, 4) is 0 Å². The number of hydrogen-bond donors (Lipinski definition) is 8. The van der Waals surface area contributed by atoms with Crippen LogP contribution >= 0.6 is 30.4 Å². The molecule has 0 rings (SSSR count). The minimum atomic E-state index is -5.70. The van der Waals surface area contributed by atoms with Gasteiger partial charge in [0.2, 0.25) is 0 Å². The molecule has 0 aromatic carbocycles. The van der Waals surface area contributed by atoms with Crippen molar-refractivity contribution in [2.75, 3.05) is 0 Å². The molecule has 0 aromatic rings. The molecule has 0 aliphatic rings. The summed E-state index contributed by atoms with van der Waals surface area (Å²) in [6, 6.07) is 0. The van der Waals surface area contributed by atoms with Crippen LogP contribution in [0.1, 0.15) is 13.8 Å². The predicted molar refractivity (Wildman–Crippen MR) is 70.7 cm³/mol. The van der Waals surface area contributed by atoms with Crippen LogP contribution in [0.25, 0.3) is 0 Å². The van der Waals surface area contributed by atoms with E-state index in [1.54, 1.807) is 0 Å². The zero-order chi connectivity index (χ0) is 19.0. The summed E-state index contributed by atoms with van der Waals surface area (Å²) in [4.78, 5) is 69.4. The van der Waals surface area contributed by atoms with Crippen LogP contribution in [0.15, 0.2) is 0 Å². The van der Waals surface area contributed by atoms with Crippen LogP contribution in [-0.4, -0.2) is 87.5 Å². The number of rotatable bonds is 4. The van der Waals surface area contributed by atoms with Crippen molar-refractivity contribution in [2.24, 2.45) is 0 Å². The maximum Gasteiger partial charge on any atom is 2.00 e. The molecule has 0 fully saturated rings. The van der Waals surface area contributed by atoms with Crippen LogP contribution in [-0.2, 0) is 18.3 Å². The molecule has 19 heteroatoms. The van der Waals surface area contributed by atoms with E-state index >= 15 is 0 Å². The molecule has 0 saturated heterocycles. The Bertz CT molecular complexity index is 472. The van der Waals surface area contributed by atoms with Crippen LogP contribution in [0.4, 0.5) is 0 Å². The Morgan fingerprint density at radius 3 is 0.826 bits per heavy atom. The normalized spacial score (nSPS) is 16.5. The maximum atomic E-state index is 10.3. The Kier molecular flexibility index (Phi) is 11.1. The van der Waals surface area contributed by atoms with E-state index in [9.17, 15) is 28.0 Å². The van der Waals surface area contributed by atoms with E-state index in [1.807, 2.05) is 0 Å². The van der Waals surface area contributed by atoms with Crippen LogP contribution < -0.4 is 9.79 Å². The summed E-state index contributed by atoms with van der Waals surface area (Å²) >= 11 is 0. The first-order valence-electron chi connectivity index (χ1n) is 4.64. The Morgan fingerprint density at radius 1 is 0.652 bits per heavy atom. The Hall–Kier alpha value is 1.78. The average Bonchev–Trinajstić information content (AvgIpc) is 2.10. The molecule has 0 aromatic heterocycles. The third-order valence-corrected chi connectivity index (χ3v) is 9.60. The van der Waals surface area contributed by atoms with E-state index in [-0.39, 0.29) is 44.7 Å². The van der Waals surface area contributed by atoms with Gasteiger partial charge >= 0.3 is 60.5 Å². The standard InChI is InChI=1S/2C2H8O7P2.Ca/c2*1-2(3,10(4,5)6)11(7,8)9;/h2*3H,1H3,(H2,4,5,6)(H2,7,8,9);/q;;+2/p-2. The molecule has 14 nitrogen and oxygen atoms in total. The molecule has 0 aliphatic carbocycles. The van der Waals surface area contributed by atoms with Crippen molar-refractivity contribution in [1.82, 2.24) is 0 Å². The average molecular weight is 450 g/mol. The molecule has 0 spiro atoms. The van der Waals surface area contributed by atoms with Gasteiger partial charge in [-0.15, -0.1) is 0 Å². The summed E-state index contributed by atoms with van der Waals surface area (Å²) in [6.07, 6.45) is 0. The van der Waals surface area contributed by atoms with Gasteiger partial charge in [0.15, 0.2) is 5.08 Å². The summed E-state index contributed by atoms with van der Waals surface area (Å²) in [5.41, 5.74) is 0. The summed E-state index contributed by atoms with van der Waals surface area (Å²) in [5, 5.41) is 10.4. The minimum Gasteiger partial charge on any atom is -0.808 e. The van der Waals surface area contributed by atoms with Crippen molar-refractivity contribution < 1.29 is 67.6 Å². The zero-order valence-electron chi connectivity index (χ0n) is 11.5. The molecule has 0 amide bonds. The van der Waals surface area contributed by atoms with Crippen molar-refractivity contribution in [3.63, 3.8) is 0 Å². The topological polar surface area (TPSA) is 276 Å². The second kappa shape index (κ2) is 8.65. The third-order valence-electron chi connectivity index (χ3n) is 2.17. The van der Waals surface area contributed by atoms with Gasteiger partial charge in [-0.3, -0.25) is 13.7 Å². The van der Waals surface area contributed by atoms with E-state index < -0.39 is 40.5 Å². The van der Waals surface area contributed by atoms with E-state index in [1.165, 1.54) is 0 Å². The van der Waals surface area contributed by atoms with Crippen LogP contribution in [0.2, 0.25) is 0 Å². The van der Waals surface area contributed by atoms with Crippen molar-refractivity contribution in [3.05, 3.63) is 0 Å². The second-order valence-corrected chi connectivity index (χ2v) is 12.5. The first-order chi connectivity index (χ1) is 9.00. The number of aliphatic hydroxyl groups is 2. The van der Waals surface area contributed by atoms with E-state index in [2.05, 4.69) is 0 Å². The van der Waals surface area contributed by atoms with E-state index in [0.717, 1.165) is 0 Å². The molecule has 0 heterocycles. The Morgan fingerprint density at radius 2 is 0.826 bits per heavy atom. The van der Waals surface area contributed by atoms with Gasteiger partial charge in [-0.25, -0.2) is 0 Å². The molecule has 136 valence electrons. The van der Waals surface area contributed by atoms with Gasteiger partial charge < -0.3 is 53.9 Å². The third kappa shape index (κ3) is 7.90. The smallest absolute Gasteiger partial charge is 0.808 e. The van der Waals surface area contributed by atoms with Crippen molar-refractivity contribution >= 4 is 68.1 Å². The summed E-state index contributed by atoms with van der Waals surface area (Å²) in [5.74, 6) is 0. The van der Waals surface area contributed by atoms with Crippen LogP contribution in [0, 0.1) is 0 Å². The van der Waals surface area contributed by atoms with Gasteiger partial charge in [-0.2, -0.15) is 0 Å². The van der Waals surface area contributed by atoms with Gasteiger partial charge in [-0.1, -0.05) is 0 Å². The van der Waals surface area contributed by atoms with E-state index in [4.69, 9.17) is 39.6 Å². The summed E-state index contributed by atoms with van der Waals surface area (Å²) in [7, 11) is -21.4. The zero-order valence-corrected chi connectivity index (χ0v) is 17.3. The van der Waals surface area contributed by atoms with E-state index in [0.29, 0.717) is 6.92 Å². The molecule has 0 radical (unpaired) electrons. The van der Waals surface area contributed by atoms with Crippen LogP contribution in [0.3, 0.4) is 0 Å². The van der Waals surface area contributed by atoms with Gasteiger partial charge in [0.25, 0.3) is 5.08 Å². The fourth-order valence-corrected chi connectivity index (χ4v) is 2.96. The van der Waals surface area contributed by atoms with Gasteiger partial charge in [0, 0.05) is 0 Å². The predicted octanol–water partition coefficient (Wildman–Crippen LogP) is -3.63. The first kappa shape index (κ1) is 29.5. The Balaban J connectivity index is -0.000000333. The van der Waals surface area contributed by atoms with Gasteiger partial charge in [-0.05, 0) is 21.4 Å². The van der Waals surface area contributed by atoms with Crippen LogP contribution in [0.5, 0.6) is 0 Å². The quantitative estimate of drug-likeness (QED) is 0.152. The largest absolute Gasteiger partial charge is 2.00 e. The van der Waals surface area contributed by atoms with Crippen molar-refractivity contribution in [2.45, 2.75) is 24.0 Å². The molecular formula is C4H14CaO14P4. The summed E-state index contributed by atoms with van der Waals surface area (Å²) < 4.78 is 40.7.